The zero-order valence-corrected chi connectivity index (χ0v) is 18.3. The standard InChI is InChI=1S/C25H33N5O/c26-16-18-1-3-19(4-2-18)20-5-10-24-23(15-20)25(28-17-27-24)29-21-6-8-22(9-7-21)30-11-13-31-14-12-30/h5,10,15,17-19,21-22H,1-4,6-9,11-14H2,(H,27,28,29). The van der Waals surface area contributed by atoms with Gasteiger partial charge in [-0.1, -0.05) is 6.07 Å². The first kappa shape index (κ1) is 20.7. The van der Waals surface area contributed by atoms with Crippen LogP contribution >= 0.6 is 0 Å². The van der Waals surface area contributed by atoms with Crippen LogP contribution < -0.4 is 5.32 Å². The van der Waals surface area contributed by atoms with Crippen LogP contribution in [0, 0.1) is 17.2 Å². The monoisotopic (exact) mass is 419 g/mol. The molecule has 6 heteroatoms. The molecule has 0 unspecified atom stereocenters. The molecule has 164 valence electrons. The van der Waals surface area contributed by atoms with Crippen LogP contribution in [0.25, 0.3) is 10.9 Å². The van der Waals surface area contributed by atoms with E-state index in [2.05, 4.69) is 44.5 Å². The summed E-state index contributed by atoms with van der Waals surface area (Å²) in [6, 6.07) is 10.3. The minimum atomic E-state index is 0.241. The molecule has 2 heterocycles. The molecule has 1 aromatic carbocycles. The molecule has 1 saturated heterocycles. The summed E-state index contributed by atoms with van der Waals surface area (Å²) in [4.78, 5) is 11.8. The molecule has 0 atom stereocenters. The smallest absolute Gasteiger partial charge is 0.137 e. The van der Waals surface area contributed by atoms with Crippen LogP contribution in [0.15, 0.2) is 24.5 Å². The summed E-state index contributed by atoms with van der Waals surface area (Å²) >= 11 is 0. The van der Waals surface area contributed by atoms with Crippen molar-refractivity contribution in [3.8, 4) is 6.07 Å². The summed E-state index contributed by atoms with van der Waals surface area (Å²) in [7, 11) is 0. The van der Waals surface area contributed by atoms with Gasteiger partial charge in [0.25, 0.3) is 0 Å². The summed E-state index contributed by atoms with van der Waals surface area (Å²) in [5, 5.41) is 14.1. The van der Waals surface area contributed by atoms with Crippen molar-refractivity contribution >= 4 is 16.7 Å². The SMILES string of the molecule is N#CC1CCC(c2ccc3ncnc(NC4CCC(N5CCOCC5)CC4)c3c2)CC1. The largest absolute Gasteiger partial charge is 0.379 e. The molecular weight excluding hydrogens is 386 g/mol. The molecular formula is C25H33N5O. The average Bonchev–Trinajstić information content (AvgIpc) is 2.85. The minimum absolute atomic E-state index is 0.241. The van der Waals surface area contributed by atoms with Crippen LogP contribution in [0.2, 0.25) is 0 Å². The molecule has 1 N–H and O–H groups in total. The van der Waals surface area contributed by atoms with E-state index >= 15 is 0 Å². The van der Waals surface area contributed by atoms with Crippen molar-refractivity contribution in [3.05, 3.63) is 30.1 Å². The lowest BCUT2D eigenvalue weighted by Gasteiger charge is -2.39. The molecule has 2 aliphatic carbocycles. The van der Waals surface area contributed by atoms with Crippen LogP contribution in [-0.2, 0) is 4.74 Å². The van der Waals surface area contributed by atoms with Crippen molar-refractivity contribution in [2.75, 3.05) is 31.6 Å². The number of nitriles is 1. The van der Waals surface area contributed by atoms with Crippen LogP contribution in [0.3, 0.4) is 0 Å². The zero-order valence-electron chi connectivity index (χ0n) is 18.3. The van der Waals surface area contributed by atoms with E-state index in [9.17, 15) is 5.26 Å². The van der Waals surface area contributed by atoms with Crippen LogP contribution in [0.1, 0.15) is 62.8 Å². The highest BCUT2D eigenvalue weighted by Gasteiger charge is 2.27. The number of nitrogens with one attached hydrogen (secondary N) is 1. The Morgan fingerprint density at radius 2 is 1.74 bits per heavy atom. The fraction of sp³-hybridized carbons (Fsp3) is 0.640. The Balaban J connectivity index is 1.26. The van der Waals surface area contributed by atoms with Gasteiger partial charge in [-0.25, -0.2) is 9.97 Å². The fourth-order valence-electron chi connectivity index (χ4n) is 5.72. The Hall–Kier alpha value is -2.23. The summed E-state index contributed by atoms with van der Waals surface area (Å²) in [5.74, 6) is 1.77. The molecule has 31 heavy (non-hydrogen) atoms. The molecule has 1 aromatic heterocycles. The second-order valence-electron chi connectivity index (χ2n) is 9.47. The molecule has 5 rings (SSSR count). The average molecular weight is 420 g/mol. The van der Waals surface area contributed by atoms with Crippen molar-refractivity contribution in [1.82, 2.24) is 14.9 Å². The van der Waals surface area contributed by atoms with Crippen LogP contribution in [0.4, 0.5) is 5.82 Å². The first-order chi connectivity index (χ1) is 15.3. The Bertz CT molecular complexity index is 919. The topological polar surface area (TPSA) is 74.1 Å². The second kappa shape index (κ2) is 9.50. The number of hydrogen-bond acceptors (Lipinski definition) is 6. The molecule has 6 nitrogen and oxygen atoms in total. The minimum Gasteiger partial charge on any atom is -0.379 e. The Kier molecular flexibility index (Phi) is 6.33. The number of aromatic nitrogens is 2. The summed E-state index contributed by atoms with van der Waals surface area (Å²) in [5.41, 5.74) is 2.38. The lowest BCUT2D eigenvalue weighted by molar-refractivity contribution is 0.00791. The Morgan fingerprint density at radius 3 is 2.48 bits per heavy atom. The van der Waals surface area contributed by atoms with Crippen molar-refractivity contribution in [2.24, 2.45) is 5.92 Å². The molecule has 0 radical (unpaired) electrons. The molecule has 0 bridgehead atoms. The lowest BCUT2D eigenvalue weighted by atomic mass is 9.79. The third-order valence-electron chi connectivity index (χ3n) is 7.64. The van der Waals surface area contributed by atoms with Gasteiger partial charge in [0.2, 0.25) is 0 Å². The predicted molar refractivity (Wildman–Crippen MR) is 122 cm³/mol. The maximum atomic E-state index is 9.19. The quantitative estimate of drug-likeness (QED) is 0.787. The van der Waals surface area contributed by atoms with Gasteiger partial charge < -0.3 is 10.1 Å². The third kappa shape index (κ3) is 4.68. The van der Waals surface area contributed by atoms with Gasteiger partial charge in [-0.15, -0.1) is 0 Å². The Labute approximate surface area is 185 Å². The molecule has 1 aliphatic heterocycles. The number of nitrogens with zero attached hydrogens (tertiary/aromatic N) is 4. The van der Waals surface area contributed by atoms with Crippen LogP contribution in [-0.4, -0.2) is 53.3 Å². The summed E-state index contributed by atoms with van der Waals surface area (Å²) < 4.78 is 5.51. The predicted octanol–water partition coefficient (Wildman–Crippen LogP) is 4.48. The molecule has 2 aromatic rings. The van der Waals surface area contributed by atoms with Gasteiger partial charge in [-0.3, -0.25) is 4.90 Å². The van der Waals surface area contributed by atoms with Gasteiger partial charge in [-0.2, -0.15) is 5.26 Å². The highest BCUT2D eigenvalue weighted by Crippen LogP contribution is 2.37. The van der Waals surface area contributed by atoms with Crippen molar-refractivity contribution in [3.63, 3.8) is 0 Å². The zero-order chi connectivity index (χ0) is 21.0. The third-order valence-corrected chi connectivity index (χ3v) is 7.64. The molecule has 0 amide bonds. The maximum absolute atomic E-state index is 9.19. The van der Waals surface area contributed by atoms with Gasteiger partial charge in [0, 0.05) is 36.5 Å². The van der Waals surface area contributed by atoms with E-state index in [4.69, 9.17) is 4.74 Å². The van der Waals surface area contributed by atoms with Gasteiger partial charge >= 0.3 is 0 Å². The first-order valence-corrected chi connectivity index (χ1v) is 12.0. The Morgan fingerprint density at radius 1 is 0.968 bits per heavy atom. The molecule has 3 fully saturated rings. The van der Waals surface area contributed by atoms with E-state index < -0.39 is 0 Å². The summed E-state index contributed by atoms with van der Waals surface area (Å²) in [6.45, 7) is 3.92. The number of morpholine rings is 1. The van der Waals surface area contributed by atoms with E-state index in [1.54, 1.807) is 6.33 Å². The summed E-state index contributed by atoms with van der Waals surface area (Å²) in [6.07, 6.45) is 10.8. The number of fused-ring (bicyclic) bond motifs is 1. The number of benzene rings is 1. The van der Waals surface area contributed by atoms with E-state index in [0.29, 0.717) is 18.0 Å². The van der Waals surface area contributed by atoms with Crippen molar-refractivity contribution in [1.29, 1.82) is 5.26 Å². The van der Waals surface area contributed by atoms with E-state index in [1.165, 1.54) is 31.2 Å². The highest BCUT2D eigenvalue weighted by molar-refractivity contribution is 5.89. The second-order valence-corrected chi connectivity index (χ2v) is 9.47. The molecule has 3 aliphatic rings. The molecule has 2 saturated carbocycles. The molecule has 0 spiro atoms. The normalized spacial score (nSPS) is 30.0. The van der Waals surface area contributed by atoms with E-state index in [0.717, 1.165) is 68.7 Å². The highest BCUT2D eigenvalue weighted by atomic mass is 16.5. The number of rotatable bonds is 4. The maximum Gasteiger partial charge on any atom is 0.137 e. The number of anilines is 1. The van der Waals surface area contributed by atoms with Gasteiger partial charge in [-0.05, 0) is 75.0 Å². The first-order valence-electron chi connectivity index (χ1n) is 12.0. The van der Waals surface area contributed by atoms with E-state index in [1.807, 2.05) is 0 Å². The fourth-order valence-corrected chi connectivity index (χ4v) is 5.72. The van der Waals surface area contributed by atoms with Gasteiger partial charge in [0.05, 0.1) is 24.8 Å². The van der Waals surface area contributed by atoms with Gasteiger partial charge in [0.1, 0.15) is 12.1 Å². The number of ether oxygens (including phenoxy) is 1. The van der Waals surface area contributed by atoms with Gasteiger partial charge in [0.15, 0.2) is 0 Å². The van der Waals surface area contributed by atoms with E-state index in [-0.39, 0.29) is 5.92 Å². The van der Waals surface area contributed by atoms with Crippen molar-refractivity contribution in [2.45, 2.75) is 69.4 Å². The number of hydrogen-bond donors (Lipinski definition) is 1. The van der Waals surface area contributed by atoms with Crippen LogP contribution in [0.5, 0.6) is 0 Å². The lowest BCUT2D eigenvalue weighted by Crippen LogP contribution is -2.46. The van der Waals surface area contributed by atoms with Crippen molar-refractivity contribution < 1.29 is 4.74 Å².